The second kappa shape index (κ2) is 4.62. The van der Waals surface area contributed by atoms with Crippen molar-refractivity contribution in [1.29, 1.82) is 0 Å². The Kier molecular flexibility index (Phi) is 2.84. The minimum atomic E-state index is 0.136. The summed E-state index contributed by atoms with van der Waals surface area (Å²) in [5, 5.41) is 0. The second-order valence-corrected chi connectivity index (χ2v) is 6.71. The van der Waals surface area contributed by atoms with Crippen molar-refractivity contribution in [3.8, 4) is 0 Å². The summed E-state index contributed by atoms with van der Waals surface area (Å²) in [5.41, 5.74) is 9.41. The van der Waals surface area contributed by atoms with E-state index in [1.165, 1.54) is 36.8 Å². The maximum atomic E-state index is 6.21. The summed E-state index contributed by atoms with van der Waals surface area (Å²) in [6, 6.07) is 8.96. The van der Waals surface area contributed by atoms with E-state index in [-0.39, 0.29) is 5.54 Å². The Balaban J connectivity index is 1.77. The molecule has 21 heavy (non-hydrogen) atoms. The largest absolute Gasteiger partial charge is 0.370 e. The fourth-order valence-corrected chi connectivity index (χ4v) is 4.96. The molecule has 110 valence electrons. The average Bonchev–Trinajstić information content (AvgIpc) is 2.92. The van der Waals surface area contributed by atoms with E-state index in [1.54, 1.807) is 0 Å². The van der Waals surface area contributed by atoms with Gasteiger partial charge in [0, 0.05) is 6.54 Å². The predicted molar refractivity (Wildman–Crippen MR) is 86.2 cm³/mol. The molecule has 0 saturated heterocycles. The first kappa shape index (κ1) is 12.9. The third-order valence-electron chi connectivity index (χ3n) is 5.91. The van der Waals surface area contributed by atoms with Crippen LogP contribution >= 0.6 is 0 Å². The van der Waals surface area contributed by atoms with Gasteiger partial charge in [0.15, 0.2) is 5.96 Å². The van der Waals surface area contributed by atoms with Gasteiger partial charge in [-0.25, -0.2) is 0 Å². The van der Waals surface area contributed by atoms with Gasteiger partial charge < -0.3 is 10.6 Å². The molecule has 1 aliphatic heterocycles. The van der Waals surface area contributed by atoms with Crippen LogP contribution in [0.25, 0.3) is 0 Å². The molecule has 4 rings (SSSR count). The highest BCUT2D eigenvalue weighted by Gasteiger charge is 2.57. The van der Waals surface area contributed by atoms with Crippen molar-refractivity contribution in [3.05, 3.63) is 48.0 Å². The van der Waals surface area contributed by atoms with E-state index in [0.29, 0.717) is 11.8 Å². The Morgan fingerprint density at radius 2 is 1.86 bits per heavy atom. The van der Waals surface area contributed by atoms with E-state index in [1.807, 2.05) is 6.08 Å². The van der Waals surface area contributed by atoms with Gasteiger partial charge in [0.1, 0.15) is 0 Å². The summed E-state index contributed by atoms with van der Waals surface area (Å²) in [5.74, 6) is 2.05. The lowest BCUT2D eigenvalue weighted by molar-refractivity contribution is 0.111. The lowest BCUT2D eigenvalue weighted by Gasteiger charge is -2.43. The molecule has 1 aromatic carbocycles. The van der Waals surface area contributed by atoms with Crippen molar-refractivity contribution in [2.45, 2.75) is 31.2 Å². The van der Waals surface area contributed by atoms with Gasteiger partial charge in [0.2, 0.25) is 0 Å². The lowest BCUT2D eigenvalue weighted by atomic mass is 9.78. The van der Waals surface area contributed by atoms with Crippen LogP contribution in [-0.2, 0) is 12.8 Å². The Hall–Kier alpha value is -1.77. The zero-order chi connectivity index (χ0) is 14.4. The molecule has 0 amide bonds. The smallest absolute Gasteiger partial charge is 0.192 e. The van der Waals surface area contributed by atoms with Crippen LogP contribution in [0.4, 0.5) is 0 Å². The van der Waals surface area contributed by atoms with Crippen LogP contribution < -0.4 is 5.73 Å². The van der Waals surface area contributed by atoms with E-state index in [4.69, 9.17) is 5.73 Å². The van der Waals surface area contributed by atoms with E-state index in [0.717, 1.165) is 19.0 Å². The average molecular weight is 281 g/mol. The fraction of sp³-hybridized carbons (Fsp3) is 0.500. The van der Waals surface area contributed by atoms with Crippen LogP contribution in [0.3, 0.4) is 0 Å². The van der Waals surface area contributed by atoms with Crippen molar-refractivity contribution in [3.63, 3.8) is 0 Å². The predicted octanol–water partition coefficient (Wildman–Crippen LogP) is 2.37. The standard InChI is InChI=1S/C18H23N3/c1-2-9-21-17(19)20-12-18(21)15-7-8-16(18)11-14-6-4-3-5-13(14)10-15/h2-6,15-16H,1,7-12H2,(H2,19,20). The third-order valence-corrected chi connectivity index (χ3v) is 5.91. The molecule has 2 atom stereocenters. The Bertz CT molecular complexity index is 571. The number of nitrogens with two attached hydrogens (primary N) is 1. The zero-order valence-electron chi connectivity index (χ0n) is 12.5. The van der Waals surface area contributed by atoms with Crippen LogP contribution in [0.5, 0.6) is 0 Å². The van der Waals surface area contributed by atoms with Gasteiger partial charge in [-0.1, -0.05) is 30.3 Å². The Labute approximate surface area is 126 Å². The maximum absolute atomic E-state index is 6.21. The fourth-order valence-electron chi connectivity index (χ4n) is 4.96. The van der Waals surface area contributed by atoms with Crippen LogP contribution in [-0.4, -0.2) is 29.5 Å². The molecule has 1 aromatic rings. The number of aliphatic imine (C=N–C) groups is 1. The molecule has 3 heteroatoms. The molecule has 1 saturated carbocycles. The Morgan fingerprint density at radius 1 is 1.24 bits per heavy atom. The quantitative estimate of drug-likeness (QED) is 0.846. The maximum Gasteiger partial charge on any atom is 0.192 e. The van der Waals surface area contributed by atoms with Crippen molar-refractivity contribution < 1.29 is 0 Å². The number of hydrogen-bond acceptors (Lipinski definition) is 3. The van der Waals surface area contributed by atoms with Crippen molar-refractivity contribution in [1.82, 2.24) is 4.90 Å². The molecule has 2 bridgehead atoms. The normalized spacial score (nSPS) is 33.7. The van der Waals surface area contributed by atoms with Crippen molar-refractivity contribution in [2.75, 3.05) is 13.1 Å². The molecule has 3 nitrogen and oxygen atoms in total. The molecule has 0 radical (unpaired) electrons. The minimum Gasteiger partial charge on any atom is -0.370 e. The monoisotopic (exact) mass is 281 g/mol. The van der Waals surface area contributed by atoms with Gasteiger partial charge in [0.05, 0.1) is 12.1 Å². The SMILES string of the molecule is C=CCN1C(N)=NCC12C1CCC2Cc2ccccc2C1. The topological polar surface area (TPSA) is 41.6 Å². The van der Waals surface area contributed by atoms with Crippen molar-refractivity contribution in [2.24, 2.45) is 22.6 Å². The summed E-state index contributed by atoms with van der Waals surface area (Å²) in [6.45, 7) is 5.61. The van der Waals surface area contributed by atoms with Crippen LogP contribution in [0.1, 0.15) is 24.0 Å². The summed E-state index contributed by atoms with van der Waals surface area (Å²) in [6.07, 6.45) is 6.91. The van der Waals surface area contributed by atoms with Crippen LogP contribution in [0.2, 0.25) is 0 Å². The summed E-state index contributed by atoms with van der Waals surface area (Å²) in [7, 11) is 0. The second-order valence-electron chi connectivity index (χ2n) is 6.71. The zero-order valence-corrected chi connectivity index (χ0v) is 12.5. The van der Waals surface area contributed by atoms with Gasteiger partial charge in [-0.05, 0) is 48.6 Å². The van der Waals surface area contributed by atoms with E-state index in [9.17, 15) is 0 Å². The van der Waals surface area contributed by atoms with Gasteiger partial charge in [-0.3, -0.25) is 4.99 Å². The summed E-state index contributed by atoms with van der Waals surface area (Å²) < 4.78 is 0. The molecule has 1 fully saturated rings. The molecular formula is C18H23N3. The van der Waals surface area contributed by atoms with E-state index in [2.05, 4.69) is 40.7 Å². The lowest BCUT2D eigenvalue weighted by Crippen LogP contribution is -2.57. The third kappa shape index (κ3) is 1.69. The van der Waals surface area contributed by atoms with Gasteiger partial charge in [0.25, 0.3) is 0 Å². The van der Waals surface area contributed by atoms with Gasteiger partial charge >= 0.3 is 0 Å². The molecule has 3 aliphatic rings. The Morgan fingerprint density at radius 3 is 2.43 bits per heavy atom. The highest BCUT2D eigenvalue weighted by atomic mass is 15.4. The van der Waals surface area contributed by atoms with E-state index >= 15 is 0 Å². The number of hydrogen-bond donors (Lipinski definition) is 1. The molecule has 0 aromatic heterocycles. The number of rotatable bonds is 2. The molecule has 1 heterocycles. The van der Waals surface area contributed by atoms with Gasteiger partial charge in [-0.2, -0.15) is 0 Å². The van der Waals surface area contributed by atoms with Crippen molar-refractivity contribution >= 4 is 5.96 Å². The van der Waals surface area contributed by atoms with Crippen LogP contribution in [0, 0.1) is 11.8 Å². The summed E-state index contributed by atoms with van der Waals surface area (Å²) >= 11 is 0. The van der Waals surface area contributed by atoms with Crippen LogP contribution in [0.15, 0.2) is 41.9 Å². The minimum absolute atomic E-state index is 0.136. The first-order chi connectivity index (χ1) is 10.3. The van der Waals surface area contributed by atoms with Gasteiger partial charge in [-0.15, -0.1) is 6.58 Å². The first-order valence-corrected chi connectivity index (χ1v) is 8.01. The molecule has 2 N–H and O–H groups in total. The van der Waals surface area contributed by atoms with E-state index < -0.39 is 0 Å². The molecule has 2 aliphatic carbocycles. The summed E-state index contributed by atoms with van der Waals surface area (Å²) in [4.78, 5) is 6.99. The molecular weight excluding hydrogens is 258 g/mol. The highest BCUT2D eigenvalue weighted by Crippen LogP contribution is 2.52. The first-order valence-electron chi connectivity index (χ1n) is 8.01. The number of guanidine groups is 1. The highest BCUT2D eigenvalue weighted by molar-refractivity contribution is 5.81. The molecule has 2 unspecified atom stereocenters. The molecule has 1 spiro atoms. The number of benzene rings is 1. The number of fused-ring (bicyclic) bond motifs is 1. The number of nitrogens with zero attached hydrogens (tertiary/aromatic N) is 2.